The molecule has 2 aromatic carbocycles. The molecule has 1 aromatic heterocycles. The Labute approximate surface area is 159 Å². The Kier molecular flexibility index (Phi) is 5.67. The van der Waals surface area contributed by atoms with Crippen LogP contribution in [0.2, 0.25) is 0 Å². The summed E-state index contributed by atoms with van der Waals surface area (Å²) < 4.78 is 45.3. The number of benzene rings is 2. The number of halogens is 3. The Morgan fingerprint density at radius 1 is 1.18 bits per heavy atom. The third kappa shape index (κ3) is 5.12. The quantitative estimate of drug-likeness (QED) is 0.685. The Morgan fingerprint density at radius 2 is 1.96 bits per heavy atom. The van der Waals surface area contributed by atoms with Gasteiger partial charge in [0.1, 0.15) is 5.75 Å². The summed E-state index contributed by atoms with van der Waals surface area (Å²) in [6.45, 7) is 1.87. The van der Waals surface area contributed by atoms with Gasteiger partial charge in [-0.2, -0.15) is 18.3 Å². The lowest BCUT2D eigenvalue weighted by Crippen LogP contribution is -2.20. The van der Waals surface area contributed by atoms with E-state index in [9.17, 15) is 18.0 Å². The Bertz CT molecular complexity index is 967. The van der Waals surface area contributed by atoms with Crippen LogP contribution in [0.3, 0.4) is 0 Å². The van der Waals surface area contributed by atoms with Gasteiger partial charge in [0, 0.05) is 6.20 Å². The molecule has 0 saturated carbocycles. The van der Waals surface area contributed by atoms with Crippen LogP contribution in [0, 0.1) is 6.92 Å². The molecule has 8 heteroatoms. The molecule has 1 amide bonds. The van der Waals surface area contributed by atoms with Gasteiger partial charge >= 0.3 is 6.18 Å². The summed E-state index contributed by atoms with van der Waals surface area (Å²) in [5.74, 6) is 0.264. The molecule has 5 nitrogen and oxygen atoms in total. The maximum absolute atomic E-state index is 12.8. The number of nitrogens with one attached hydrogen (secondary N) is 1. The normalized spacial score (nSPS) is 11.3. The fourth-order valence-corrected chi connectivity index (χ4v) is 2.61. The fourth-order valence-electron chi connectivity index (χ4n) is 2.61. The molecule has 146 valence electrons. The van der Waals surface area contributed by atoms with Crippen LogP contribution in [0.1, 0.15) is 16.7 Å². The van der Waals surface area contributed by atoms with E-state index in [2.05, 4.69) is 10.4 Å². The number of aromatic nitrogens is 2. The SMILES string of the molecule is Cc1ccccc1OCC(=O)Nc1cnn(Cc2cccc(C(F)(F)F)c2)c1. The molecule has 1 heterocycles. The first-order chi connectivity index (χ1) is 13.3. The third-order valence-electron chi connectivity index (χ3n) is 3.97. The topological polar surface area (TPSA) is 56.1 Å². The predicted molar refractivity (Wildman–Crippen MR) is 98.1 cm³/mol. The van der Waals surface area contributed by atoms with E-state index in [-0.39, 0.29) is 19.1 Å². The van der Waals surface area contributed by atoms with Gasteiger partial charge < -0.3 is 10.1 Å². The van der Waals surface area contributed by atoms with E-state index in [0.717, 1.165) is 17.7 Å². The van der Waals surface area contributed by atoms with Crippen molar-refractivity contribution in [2.24, 2.45) is 0 Å². The summed E-state index contributed by atoms with van der Waals surface area (Å²) in [4.78, 5) is 12.0. The second kappa shape index (κ2) is 8.16. The monoisotopic (exact) mass is 389 g/mol. The van der Waals surface area contributed by atoms with Crippen LogP contribution < -0.4 is 10.1 Å². The van der Waals surface area contributed by atoms with E-state index in [0.29, 0.717) is 17.0 Å². The number of para-hydroxylation sites is 1. The summed E-state index contributed by atoms with van der Waals surface area (Å²) in [7, 11) is 0. The number of hydrogen-bond acceptors (Lipinski definition) is 3. The minimum absolute atomic E-state index is 0.152. The van der Waals surface area contributed by atoms with Crippen LogP contribution >= 0.6 is 0 Å². The van der Waals surface area contributed by atoms with Crippen molar-refractivity contribution in [1.82, 2.24) is 9.78 Å². The molecule has 0 aliphatic rings. The minimum atomic E-state index is -4.39. The van der Waals surface area contributed by atoms with Gasteiger partial charge in [-0.05, 0) is 36.2 Å². The standard InChI is InChI=1S/C20H18F3N3O2/c1-14-5-2-3-8-18(14)28-13-19(27)25-17-10-24-26(12-17)11-15-6-4-7-16(9-15)20(21,22)23/h2-10,12H,11,13H2,1H3,(H,25,27). The number of carbonyl (C=O) groups is 1. The van der Waals surface area contributed by atoms with Crippen LogP contribution in [0.4, 0.5) is 18.9 Å². The first-order valence-electron chi connectivity index (χ1n) is 8.48. The summed E-state index contributed by atoms with van der Waals surface area (Å²) in [6.07, 6.45) is -1.42. The first kappa shape index (κ1) is 19.5. The first-order valence-corrected chi connectivity index (χ1v) is 8.48. The van der Waals surface area contributed by atoms with E-state index in [1.165, 1.54) is 16.9 Å². The summed E-state index contributed by atoms with van der Waals surface area (Å²) in [5.41, 5.74) is 1.10. The van der Waals surface area contributed by atoms with E-state index in [1.54, 1.807) is 18.3 Å². The van der Waals surface area contributed by atoms with Gasteiger partial charge in [-0.15, -0.1) is 0 Å². The second-order valence-corrected chi connectivity index (χ2v) is 6.23. The van der Waals surface area contributed by atoms with E-state index in [1.807, 2.05) is 25.1 Å². The fraction of sp³-hybridized carbons (Fsp3) is 0.200. The third-order valence-corrected chi connectivity index (χ3v) is 3.97. The lowest BCUT2D eigenvalue weighted by Gasteiger charge is -2.09. The smallest absolute Gasteiger partial charge is 0.416 e. The van der Waals surface area contributed by atoms with E-state index in [4.69, 9.17) is 4.74 Å². The van der Waals surface area contributed by atoms with Crippen molar-refractivity contribution in [2.75, 3.05) is 11.9 Å². The number of rotatable bonds is 6. The number of hydrogen-bond donors (Lipinski definition) is 1. The number of nitrogens with zero attached hydrogens (tertiary/aromatic N) is 2. The molecule has 0 atom stereocenters. The number of ether oxygens (including phenoxy) is 1. The molecule has 0 radical (unpaired) electrons. The van der Waals surface area contributed by atoms with Crippen LogP contribution in [0.15, 0.2) is 60.9 Å². The lowest BCUT2D eigenvalue weighted by molar-refractivity contribution is -0.137. The molecule has 28 heavy (non-hydrogen) atoms. The molecule has 0 unspecified atom stereocenters. The highest BCUT2D eigenvalue weighted by atomic mass is 19.4. The number of amides is 1. The Hall–Kier alpha value is -3.29. The van der Waals surface area contributed by atoms with Crippen LogP contribution in [-0.2, 0) is 17.5 Å². The lowest BCUT2D eigenvalue weighted by atomic mass is 10.1. The number of anilines is 1. The largest absolute Gasteiger partial charge is 0.483 e. The number of carbonyl (C=O) groups excluding carboxylic acids is 1. The van der Waals surface area contributed by atoms with Crippen LogP contribution in [0.5, 0.6) is 5.75 Å². The maximum Gasteiger partial charge on any atom is 0.416 e. The van der Waals surface area contributed by atoms with Gasteiger partial charge in [0.15, 0.2) is 6.61 Å². The average Bonchev–Trinajstić information content (AvgIpc) is 3.07. The minimum Gasteiger partial charge on any atom is -0.483 e. The highest BCUT2D eigenvalue weighted by Gasteiger charge is 2.30. The number of alkyl halides is 3. The molecule has 0 fully saturated rings. The van der Waals surface area contributed by atoms with Gasteiger partial charge in [-0.1, -0.05) is 30.3 Å². The molecule has 1 N–H and O–H groups in total. The highest BCUT2D eigenvalue weighted by molar-refractivity contribution is 5.91. The zero-order chi connectivity index (χ0) is 20.1. The Morgan fingerprint density at radius 3 is 2.71 bits per heavy atom. The van der Waals surface area contributed by atoms with Crippen molar-refractivity contribution in [2.45, 2.75) is 19.6 Å². The van der Waals surface area contributed by atoms with Gasteiger partial charge in [-0.25, -0.2) is 0 Å². The van der Waals surface area contributed by atoms with Crippen molar-refractivity contribution < 1.29 is 22.7 Å². The second-order valence-electron chi connectivity index (χ2n) is 6.23. The zero-order valence-electron chi connectivity index (χ0n) is 15.0. The van der Waals surface area contributed by atoms with E-state index >= 15 is 0 Å². The Balaban J connectivity index is 1.57. The van der Waals surface area contributed by atoms with Gasteiger partial charge in [0.05, 0.1) is 24.0 Å². The zero-order valence-corrected chi connectivity index (χ0v) is 15.0. The average molecular weight is 389 g/mol. The van der Waals surface area contributed by atoms with Crippen LogP contribution in [0.25, 0.3) is 0 Å². The summed E-state index contributed by atoms with van der Waals surface area (Å²) >= 11 is 0. The van der Waals surface area contributed by atoms with Gasteiger partial charge in [0.2, 0.25) is 0 Å². The molecule has 3 aromatic rings. The van der Waals surface area contributed by atoms with Crippen LogP contribution in [-0.4, -0.2) is 22.3 Å². The molecule has 0 bridgehead atoms. The van der Waals surface area contributed by atoms with Gasteiger partial charge in [0.25, 0.3) is 5.91 Å². The van der Waals surface area contributed by atoms with Gasteiger partial charge in [-0.3, -0.25) is 9.48 Å². The molecular weight excluding hydrogens is 371 g/mol. The van der Waals surface area contributed by atoms with E-state index < -0.39 is 11.7 Å². The van der Waals surface area contributed by atoms with Crippen molar-refractivity contribution in [3.8, 4) is 5.75 Å². The van der Waals surface area contributed by atoms with Crippen molar-refractivity contribution in [3.63, 3.8) is 0 Å². The number of aryl methyl sites for hydroxylation is 1. The maximum atomic E-state index is 12.8. The van der Waals surface area contributed by atoms with Crippen molar-refractivity contribution in [1.29, 1.82) is 0 Å². The molecular formula is C20H18F3N3O2. The summed E-state index contributed by atoms with van der Waals surface area (Å²) in [5, 5.41) is 6.71. The predicted octanol–water partition coefficient (Wildman–Crippen LogP) is 4.28. The van der Waals surface area contributed by atoms with Crippen molar-refractivity contribution >= 4 is 11.6 Å². The molecule has 0 aliphatic heterocycles. The molecule has 0 saturated heterocycles. The molecule has 3 rings (SSSR count). The summed E-state index contributed by atoms with van der Waals surface area (Å²) in [6, 6.07) is 12.4. The molecule has 0 aliphatic carbocycles. The van der Waals surface area contributed by atoms with Crippen molar-refractivity contribution in [3.05, 3.63) is 77.6 Å². The molecule has 0 spiro atoms. The highest BCUT2D eigenvalue weighted by Crippen LogP contribution is 2.29.